The van der Waals surface area contributed by atoms with Crippen LogP contribution in [0.4, 0.5) is 0 Å². The Labute approximate surface area is 123 Å². The molecular formula is C16H15ClO3. The molecular weight excluding hydrogens is 276 g/mol. The molecule has 4 heteroatoms. The van der Waals surface area contributed by atoms with Crippen molar-refractivity contribution in [1.82, 2.24) is 0 Å². The lowest BCUT2D eigenvalue weighted by atomic mass is 10.1. The Morgan fingerprint density at radius 1 is 1.15 bits per heavy atom. The third-order valence-corrected chi connectivity index (χ3v) is 3.24. The number of hydrogen-bond acceptors (Lipinski definition) is 3. The zero-order valence-electron chi connectivity index (χ0n) is 11.3. The fourth-order valence-electron chi connectivity index (χ4n) is 1.83. The van der Waals surface area contributed by atoms with Crippen molar-refractivity contribution in [3.8, 4) is 5.75 Å². The number of methoxy groups -OCH3 is 1. The fourth-order valence-corrected chi connectivity index (χ4v) is 2.10. The molecule has 0 heterocycles. The highest BCUT2D eigenvalue weighted by molar-refractivity contribution is 6.33. The second-order valence-electron chi connectivity index (χ2n) is 4.30. The maximum atomic E-state index is 11.5. The van der Waals surface area contributed by atoms with Gasteiger partial charge in [-0.3, -0.25) is 0 Å². The van der Waals surface area contributed by atoms with Gasteiger partial charge in [0.2, 0.25) is 0 Å². The first-order chi connectivity index (χ1) is 9.61. The largest absolute Gasteiger partial charge is 0.486 e. The van der Waals surface area contributed by atoms with Crippen LogP contribution in [0.5, 0.6) is 5.75 Å². The number of halogens is 1. The lowest BCUT2D eigenvalue weighted by molar-refractivity contribution is 0.0601. The second-order valence-corrected chi connectivity index (χ2v) is 4.71. The third kappa shape index (κ3) is 3.31. The maximum absolute atomic E-state index is 11.5. The number of esters is 1. The average molecular weight is 291 g/mol. The van der Waals surface area contributed by atoms with Crippen molar-refractivity contribution in [1.29, 1.82) is 0 Å². The molecule has 20 heavy (non-hydrogen) atoms. The van der Waals surface area contributed by atoms with Crippen molar-refractivity contribution in [3.63, 3.8) is 0 Å². The van der Waals surface area contributed by atoms with E-state index in [-0.39, 0.29) is 6.10 Å². The Morgan fingerprint density at radius 2 is 1.85 bits per heavy atom. The molecule has 0 fully saturated rings. The molecule has 0 aliphatic carbocycles. The summed E-state index contributed by atoms with van der Waals surface area (Å²) in [6, 6.07) is 14.7. The van der Waals surface area contributed by atoms with Crippen LogP contribution in [0.2, 0.25) is 5.02 Å². The summed E-state index contributed by atoms with van der Waals surface area (Å²) in [4.78, 5) is 11.5. The van der Waals surface area contributed by atoms with Crippen LogP contribution >= 0.6 is 11.6 Å². The van der Waals surface area contributed by atoms with Gasteiger partial charge in [0.1, 0.15) is 11.9 Å². The van der Waals surface area contributed by atoms with Crippen LogP contribution in [-0.2, 0) is 4.74 Å². The average Bonchev–Trinajstić information content (AvgIpc) is 2.47. The Morgan fingerprint density at radius 3 is 2.45 bits per heavy atom. The Balaban J connectivity index is 2.17. The minimum Gasteiger partial charge on any atom is -0.486 e. The van der Waals surface area contributed by atoms with E-state index >= 15 is 0 Å². The summed E-state index contributed by atoms with van der Waals surface area (Å²) in [6.45, 7) is 1.93. The van der Waals surface area contributed by atoms with Gasteiger partial charge in [0.25, 0.3) is 0 Å². The Bertz CT molecular complexity index is 596. The van der Waals surface area contributed by atoms with Crippen LogP contribution in [0.25, 0.3) is 0 Å². The standard InChI is InChI=1S/C16H15ClO3/c1-11(20-13-6-4-3-5-7-13)12-8-9-14(15(17)10-12)16(18)19-2/h3-11H,1-2H3. The molecule has 0 N–H and O–H groups in total. The van der Waals surface area contributed by atoms with Crippen molar-refractivity contribution >= 4 is 17.6 Å². The summed E-state index contributed by atoms with van der Waals surface area (Å²) in [5.41, 5.74) is 1.25. The van der Waals surface area contributed by atoms with Gasteiger partial charge in [0.15, 0.2) is 0 Å². The maximum Gasteiger partial charge on any atom is 0.339 e. The first-order valence-corrected chi connectivity index (χ1v) is 6.59. The van der Waals surface area contributed by atoms with Crippen molar-refractivity contribution < 1.29 is 14.3 Å². The lowest BCUT2D eigenvalue weighted by Crippen LogP contribution is -2.06. The van der Waals surface area contributed by atoms with Crippen molar-refractivity contribution in [2.45, 2.75) is 13.0 Å². The summed E-state index contributed by atoms with van der Waals surface area (Å²) in [7, 11) is 1.33. The minimum absolute atomic E-state index is 0.165. The fraction of sp³-hybridized carbons (Fsp3) is 0.188. The van der Waals surface area contributed by atoms with Gasteiger partial charge in [0.05, 0.1) is 17.7 Å². The highest BCUT2D eigenvalue weighted by Gasteiger charge is 2.14. The van der Waals surface area contributed by atoms with Crippen LogP contribution < -0.4 is 4.74 Å². The topological polar surface area (TPSA) is 35.5 Å². The highest BCUT2D eigenvalue weighted by Crippen LogP contribution is 2.26. The van der Waals surface area contributed by atoms with E-state index in [0.717, 1.165) is 11.3 Å². The van der Waals surface area contributed by atoms with E-state index in [1.54, 1.807) is 12.1 Å². The number of ether oxygens (including phenoxy) is 2. The van der Waals surface area contributed by atoms with Gasteiger partial charge in [-0.1, -0.05) is 35.9 Å². The number of para-hydroxylation sites is 1. The van der Waals surface area contributed by atoms with E-state index in [9.17, 15) is 4.79 Å². The number of carbonyl (C=O) groups excluding carboxylic acids is 1. The van der Waals surface area contributed by atoms with Crippen LogP contribution in [0.3, 0.4) is 0 Å². The molecule has 2 aromatic rings. The summed E-state index contributed by atoms with van der Waals surface area (Å²) in [6.07, 6.45) is -0.165. The first kappa shape index (κ1) is 14.4. The van der Waals surface area contributed by atoms with Crippen molar-refractivity contribution in [3.05, 3.63) is 64.7 Å². The molecule has 2 aromatic carbocycles. The van der Waals surface area contributed by atoms with Gasteiger partial charge >= 0.3 is 5.97 Å². The van der Waals surface area contributed by atoms with Crippen molar-refractivity contribution in [2.75, 3.05) is 7.11 Å². The Hall–Kier alpha value is -2.00. The van der Waals surface area contributed by atoms with Gasteiger partial charge in [-0.05, 0) is 36.8 Å². The van der Waals surface area contributed by atoms with Crippen molar-refractivity contribution in [2.24, 2.45) is 0 Å². The first-order valence-electron chi connectivity index (χ1n) is 6.21. The summed E-state index contributed by atoms with van der Waals surface area (Å²) >= 11 is 6.09. The number of hydrogen-bond donors (Lipinski definition) is 0. The van der Waals surface area contributed by atoms with Crippen LogP contribution in [0.1, 0.15) is 28.9 Å². The van der Waals surface area contributed by atoms with E-state index in [1.807, 2.05) is 43.3 Å². The molecule has 0 amide bonds. The quantitative estimate of drug-likeness (QED) is 0.789. The SMILES string of the molecule is COC(=O)c1ccc(C(C)Oc2ccccc2)cc1Cl. The molecule has 0 radical (unpaired) electrons. The monoisotopic (exact) mass is 290 g/mol. The summed E-state index contributed by atoms with van der Waals surface area (Å²) in [5, 5.41) is 0.359. The van der Waals surface area contributed by atoms with E-state index in [0.29, 0.717) is 10.6 Å². The zero-order chi connectivity index (χ0) is 14.5. The highest BCUT2D eigenvalue weighted by atomic mass is 35.5. The lowest BCUT2D eigenvalue weighted by Gasteiger charge is -2.16. The molecule has 3 nitrogen and oxygen atoms in total. The molecule has 0 saturated heterocycles. The third-order valence-electron chi connectivity index (χ3n) is 2.92. The molecule has 1 atom stereocenters. The molecule has 0 saturated carbocycles. The smallest absolute Gasteiger partial charge is 0.339 e. The van der Waals surface area contributed by atoms with Crippen LogP contribution in [0.15, 0.2) is 48.5 Å². The van der Waals surface area contributed by atoms with Gasteiger partial charge < -0.3 is 9.47 Å². The molecule has 0 bridgehead atoms. The van der Waals surface area contributed by atoms with Gasteiger partial charge in [-0.2, -0.15) is 0 Å². The second kappa shape index (κ2) is 6.44. The van der Waals surface area contributed by atoms with Gasteiger partial charge in [-0.25, -0.2) is 4.79 Å². The molecule has 2 rings (SSSR count). The number of rotatable bonds is 4. The van der Waals surface area contributed by atoms with Gasteiger partial charge in [0, 0.05) is 0 Å². The minimum atomic E-state index is -0.446. The van der Waals surface area contributed by atoms with Crippen LogP contribution in [0, 0.1) is 0 Å². The number of carbonyl (C=O) groups is 1. The predicted molar refractivity (Wildman–Crippen MR) is 78.3 cm³/mol. The zero-order valence-corrected chi connectivity index (χ0v) is 12.1. The molecule has 0 aromatic heterocycles. The van der Waals surface area contributed by atoms with E-state index in [1.165, 1.54) is 7.11 Å². The molecule has 0 aliphatic rings. The Kier molecular flexibility index (Phi) is 4.64. The van der Waals surface area contributed by atoms with E-state index in [2.05, 4.69) is 4.74 Å². The normalized spacial score (nSPS) is 11.8. The molecule has 0 spiro atoms. The number of benzene rings is 2. The predicted octanol–water partition coefficient (Wildman–Crippen LogP) is 4.27. The molecule has 0 aliphatic heterocycles. The van der Waals surface area contributed by atoms with E-state index in [4.69, 9.17) is 16.3 Å². The summed E-state index contributed by atoms with van der Waals surface area (Å²) in [5.74, 6) is 0.339. The van der Waals surface area contributed by atoms with E-state index < -0.39 is 5.97 Å². The molecule has 104 valence electrons. The van der Waals surface area contributed by atoms with Gasteiger partial charge in [-0.15, -0.1) is 0 Å². The summed E-state index contributed by atoms with van der Waals surface area (Å²) < 4.78 is 10.5. The molecule has 1 unspecified atom stereocenters. The van der Waals surface area contributed by atoms with Crippen LogP contribution in [-0.4, -0.2) is 13.1 Å².